The Morgan fingerprint density at radius 1 is 1.00 bits per heavy atom. The lowest BCUT2D eigenvalue weighted by molar-refractivity contribution is -0.121. The number of anilines is 1. The van der Waals surface area contributed by atoms with E-state index in [1.807, 2.05) is 48.5 Å². The van der Waals surface area contributed by atoms with Gasteiger partial charge in [0, 0.05) is 30.9 Å². The maximum atomic E-state index is 12.0. The molecule has 6 rings (SSSR count). The van der Waals surface area contributed by atoms with E-state index in [9.17, 15) is 4.79 Å². The molecule has 1 atom stereocenters. The van der Waals surface area contributed by atoms with Crippen LogP contribution in [-0.2, 0) is 4.79 Å². The van der Waals surface area contributed by atoms with E-state index in [-0.39, 0.29) is 12.2 Å². The summed E-state index contributed by atoms with van der Waals surface area (Å²) < 4.78 is 13.3. The fraction of sp³-hybridized carbons (Fsp3) is 0.304. The minimum absolute atomic E-state index is 0.0188. The van der Waals surface area contributed by atoms with Gasteiger partial charge in [0.25, 0.3) is 0 Å². The molecule has 170 valence electrons. The zero-order chi connectivity index (χ0) is 22.5. The molecular weight excluding hydrogens is 422 g/mol. The van der Waals surface area contributed by atoms with Crippen LogP contribution < -0.4 is 36.3 Å². The number of aromatic nitrogens is 3. The van der Waals surface area contributed by atoms with E-state index in [0.717, 1.165) is 29.3 Å². The molecule has 33 heavy (non-hydrogen) atoms. The Morgan fingerprint density at radius 3 is 2.76 bits per heavy atom. The summed E-state index contributed by atoms with van der Waals surface area (Å²) in [5.74, 6) is 1.50. The fourth-order valence-electron chi connectivity index (χ4n) is 3.59. The highest BCUT2D eigenvalue weighted by molar-refractivity contribution is 5.75. The van der Waals surface area contributed by atoms with Gasteiger partial charge in [-0.2, -0.15) is 4.68 Å². The quantitative estimate of drug-likeness (QED) is 0.464. The summed E-state index contributed by atoms with van der Waals surface area (Å²) in [7, 11) is 0. The third-order valence-electron chi connectivity index (χ3n) is 5.25. The van der Waals surface area contributed by atoms with Gasteiger partial charge in [0.1, 0.15) is 16.8 Å². The van der Waals surface area contributed by atoms with Crippen molar-refractivity contribution >= 4 is 17.8 Å². The van der Waals surface area contributed by atoms with E-state index in [4.69, 9.17) is 14.5 Å². The zero-order valence-electron chi connectivity index (χ0n) is 18.0. The lowest BCUT2D eigenvalue weighted by atomic mass is 10.3. The van der Waals surface area contributed by atoms with Gasteiger partial charge in [-0.3, -0.25) is 4.79 Å². The molecule has 10 heteroatoms. The molecule has 3 N–H and O–H groups in total. The van der Waals surface area contributed by atoms with Crippen LogP contribution in [0.5, 0.6) is 11.5 Å². The average Bonchev–Trinajstić information content (AvgIpc) is 3.25. The highest BCUT2D eigenvalue weighted by Crippen LogP contribution is 2.18. The van der Waals surface area contributed by atoms with Gasteiger partial charge >= 0.3 is 0 Å². The van der Waals surface area contributed by atoms with Crippen molar-refractivity contribution in [1.82, 2.24) is 25.6 Å². The van der Waals surface area contributed by atoms with E-state index in [2.05, 4.69) is 26.3 Å². The molecule has 3 aliphatic rings. The Labute approximate surface area is 190 Å². The summed E-state index contributed by atoms with van der Waals surface area (Å²) in [6.07, 6.45) is 3.20. The molecule has 0 aliphatic carbocycles. The van der Waals surface area contributed by atoms with Crippen LogP contribution in [0.4, 0.5) is 5.69 Å². The molecule has 3 aliphatic heterocycles. The van der Waals surface area contributed by atoms with Crippen LogP contribution in [0.2, 0.25) is 0 Å². The highest BCUT2D eigenvalue weighted by atomic mass is 16.5. The Balaban J connectivity index is 1.42. The summed E-state index contributed by atoms with van der Waals surface area (Å²) >= 11 is 0. The Hall–Kier alpha value is -4.08. The van der Waals surface area contributed by atoms with Crippen molar-refractivity contribution in [3.8, 4) is 17.2 Å². The largest absolute Gasteiger partial charge is 0.494 e. The van der Waals surface area contributed by atoms with Crippen LogP contribution in [0.3, 0.4) is 0 Å². The molecule has 0 radical (unpaired) electrons. The molecule has 2 aromatic carbocycles. The molecule has 0 spiro atoms. The van der Waals surface area contributed by atoms with E-state index >= 15 is 0 Å². The first-order valence-corrected chi connectivity index (χ1v) is 11.0. The molecule has 0 saturated carbocycles. The lowest BCUT2D eigenvalue weighted by Crippen LogP contribution is -2.44. The number of fused-ring (bicyclic) bond motifs is 11. The maximum absolute atomic E-state index is 12.0. The summed E-state index contributed by atoms with van der Waals surface area (Å²) in [6.45, 7) is 1.55. The number of nitrogens with one attached hydrogen (secondary N) is 3. The van der Waals surface area contributed by atoms with Gasteiger partial charge in [-0.25, -0.2) is 4.99 Å². The first kappa shape index (κ1) is 20.8. The van der Waals surface area contributed by atoms with Crippen LogP contribution in [0.15, 0.2) is 53.5 Å². The van der Waals surface area contributed by atoms with Crippen molar-refractivity contribution in [3.63, 3.8) is 0 Å². The number of carbonyl (C=O) groups excluding carboxylic acids is 1. The van der Waals surface area contributed by atoms with E-state index < -0.39 is 0 Å². The third-order valence-corrected chi connectivity index (χ3v) is 5.25. The second-order valence-corrected chi connectivity index (χ2v) is 7.72. The fourth-order valence-corrected chi connectivity index (χ4v) is 3.59. The number of nitrogens with zero attached hydrogens (tertiary/aromatic N) is 4. The number of hydrogen-bond donors (Lipinski definition) is 3. The number of rotatable bonds is 0. The molecule has 6 bridgehead atoms. The van der Waals surface area contributed by atoms with Gasteiger partial charge in [0.2, 0.25) is 5.91 Å². The predicted octanol–water partition coefficient (Wildman–Crippen LogP) is 0.682. The number of carbonyl (C=O) groups is 1. The van der Waals surface area contributed by atoms with E-state index in [1.54, 1.807) is 10.9 Å². The molecule has 1 aromatic heterocycles. The van der Waals surface area contributed by atoms with Crippen LogP contribution in [0, 0.1) is 0 Å². The summed E-state index contributed by atoms with van der Waals surface area (Å²) in [5.41, 5.74) is 2.34. The van der Waals surface area contributed by atoms with Gasteiger partial charge in [0.15, 0.2) is 11.8 Å². The van der Waals surface area contributed by atoms with Crippen LogP contribution in [0.25, 0.3) is 11.9 Å². The smallest absolute Gasteiger partial charge is 0.220 e. The Morgan fingerprint density at radius 2 is 1.85 bits per heavy atom. The van der Waals surface area contributed by atoms with Gasteiger partial charge in [-0.15, -0.1) is 5.10 Å². The molecular formula is C23H25N7O3. The summed E-state index contributed by atoms with van der Waals surface area (Å²) in [4.78, 5) is 16.8. The second kappa shape index (κ2) is 9.60. The Bertz CT molecular complexity index is 1240. The average molecular weight is 447 g/mol. The molecule has 3 aromatic rings. The summed E-state index contributed by atoms with van der Waals surface area (Å²) in [5, 5.41) is 18.6. The van der Waals surface area contributed by atoms with Crippen molar-refractivity contribution < 1.29 is 14.3 Å². The third kappa shape index (κ3) is 5.05. The predicted molar refractivity (Wildman–Crippen MR) is 121 cm³/mol. The van der Waals surface area contributed by atoms with Gasteiger partial charge in [-0.05, 0) is 49.2 Å². The molecule has 1 unspecified atom stereocenters. The first-order valence-electron chi connectivity index (χ1n) is 11.0. The Kier molecular flexibility index (Phi) is 6.05. The SMILES string of the molecule is O=C1CCCOc2ccc(cc2)-n2nnc3c2=NC(NC=3)Nc2cccc(c2)OCCCN1. The van der Waals surface area contributed by atoms with Crippen LogP contribution in [-0.4, -0.2) is 46.9 Å². The number of amides is 1. The first-order chi connectivity index (χ1) is 16.2. The molecule has 0 saturated heterocycles. The minimum Gasteiger partial charge on any atom is -0.494 e. The van der Waals surface area contributed by atoms with Crippen molar-refractivity contribution in [2.75, 3.05) is 25.1 Å². The lowest BCUT2D eigenvalue weighted by Gasteiger charge is -2.18. The molecule has 0 fully saturated rings. The second-order valence-electron chi connectivity index (χ2n) is 7.72. The topological polar surface area (TPSA) is 115 Å². The van der Waals surface area contributed by atoms with Crippen molar-refractivity contribution in [3.05, 3.63) is 59.4 Å². The maximum Gasteiger partial charge on any atom is 0.220 e. The number of benzene rings is 2. The normalized spacial score (nSPS) is 18.4. The zero-order valence-corrected chi connectivity index (χ0v) is 18.0. The number of ether oxygens (including phenoxy) is 2. The monoisotopic (exact) mass is 447 g/mol. The van der Waals surface area contributed by atoms with E-state index in [1.165, 1.54) is 0 Å². The highest BCUT2D eigenvalue weighted by Gasteiger charge is 2.14. The van der Waals surface area contributed by atoms with Crippen LogP contribution >= 0.6 is 0 Å². The summed E-state index contributed by atoms with van der Waals surface area (Å²) in [6, 6.07) is 15.3. The standard InChI is InChI=1S/C23H25N7O3/c31-21-6-2-12-32-18-9-7-17(8-10-18)30-22-20(28-29-30)15-25-23(27-22)26-16-4-1-5-19(14-16)33-13-3-11-24-21/h1,4-5,7-10,14-15,23,25-26H,2-3,6,11-13H2,(H,24,31). The van der Waals surface area contributed by atoms with Crippen molar-refractivity contribution in [1.29, 1.82) is 0 Å². The molecule has 4 heterocycles. The van der Waals surface area contributed by atoms with Crippen molar-refractivity contribution in [2.24, 2.45) is 4.99 Å². The minimum atomic E-state index is -0.388. The van der Waals surface area contributed by atoms with Gasteiger partial charge in [-0.1, -0.05) is 11.3 Å². The van der Waals surface area contributed by atoms with E-state index in [0.29, 0.717) is 43.4 Å². The molecule has 10 nitrogen and oxygen atoms in total. The number of hydrogen-bond acceptors (Lipinski definition) is 8. The van der Waals surface area contributed by atoms with Crippen LogP contribution in [0.1, 0.15) is 19.3 Å². The van der Waals surface area contributed by atoms with Gasteiger partial charge < -0.3 is 25.4 Å². The van der Waals surface area contributed by atoms with Gasteiger partial charge in [0.05, 0.1) is 18.9 Å². The molecule has 1 amide bonds. The van der Waals surface area contributed by atoms with Crippen molar-refractivity contribution in [2.45, 2.75) is 25.6 Å².